The molecule has 0 atom stereocenters. The fourth-order valence-corrected chi connectivity index (χ4v) is 3.96. The summed E-state index contributed by atoms with van der Waals surface area (Å²) < 4.78 is 0. The summed E-state index contributed by atoms with van der Waals surface area (Å²) in [5.74, 6) is 0.844. The SMILES string of the molecule is C=CCCN(CC)c1ccc(Nc2ncnc3[nH]cc(CN(C)CCCC)c23)cc1C. The number of hydrogen-bond donors (Lipinski definition) is 2. The molecule has 31 heavy (non-hydrogen) atoms. The maximum atomic E-state index is 4.57. The van der Waals surface area contributed by atoms with Gasteiger partial charge in [-0.1, -0.05) is 19.4 Å². The molecule has 6 nitrogen and oxygen atoms in total. The molecule has 3 rings (SSSR count). The largest absolute Gasteiger partial charge is 0.371 e. The molecule has 0 fully saturated rings. The number of aryl methyl sites for hydroxylation is 1. The molecule has 0 aliphatic heterocycles. The van der Waals surface area contributed by atoms with Crippen LogP contribution in [0.4, 0.5) is 17.2 Å². The molecule has 6 heteroatoms. The number of nitrogens with zero attached hydrogens (tertiary/aromatic N) is 4. The van der Waals surface area contributed by atoms with Crippen molar-refractivity contribution in [1.82, 2.24) is 19.9 Å². The highest BCUT2D eigenvalue weighted by atomic mass is 15.1. The summed E-state index contributed by atoms with van der Waals surface area (Å²) in [6.45, 7) is 14.3. The summed E-state index contributed by atoms with van der Waals surface area (Å²) in [6.07, 6.45) is 9.03. The Morgan fingerprint density at radius 2 is 2.03 bits per heavy atom. The third-order valence-electron chi connectivity index (χ3n) is 5.67. The van der Waals surface area contributed by atoms with Crippen molar-refractivity contribution in [2.75, 3.05) is 36.9 Å². The van der Waals surface area contributed by atoms with Crippen LogP contribution in [0, 0.1) is 6.92 Å². The highest BCUT2D eigenvalue weighted by Gasteiger charge is 2.14. The van der Waals surface area contributed by atoms with Gasteiger partial charge >= 0.3 is 0 Å². The molecule has 0 amide bonds. The zero-order valence-corrected chi connectivity index (χ0v) is 19.4. The first-order chi connectivity index (χ1) is 15.1. The lowest BCUT2D eigenvalue weighted by atomic mass is 10.1. The minimum absolute atomic E-state index is 0.844. The Hall–Kier alpha value is -2.86. The van der Waals surface area contributed by atoms with Crippen LogP contribution >= 0.6 is 0 Å². The number of rotatable bonds is 12. The minimum atomic E-state index is 0.844. The molecule has 0 radical (unpaired) electrons. The van der Waals surface area contributed by atoms with E-state index in [0.29, 0.717) is 0 Å². The van der Waals surface area contributed by atoms with Gasteiger partial charge in [0.15, 0.2) is 0 Å². The van der Waals surface area contributed by atoms with Gasteiger partial charge in [0.1, 0.15) is 17.8 Å². The van der Waals surface area contributed by atoms with Gasteiger partial charge in [0.05, 0.1) is 5.39 Å². The van der Waals surface area contributed by atoms with E-state index in [-0.39, 0.29) is 0 Å². The number of benzene rings is 1. The Labute approximate surface area is 186 Å². The van der Waals surface area contributed by atoms with Crippen molar-refractivity contribution < 1.29 is 0 Å². The van der Waals surface area contributed by atoms with Gasteiger partial charge in [0.25, 0.3) is 0 Å². The smallest absolute Gasteiger partial charge is 0.143 e. The van der Waals surface area contributed by atoms with Crippen LogP contribution < -0.4 is 10.2 Å². The summed E-state index contributed by atoms with van der Waals surface area (Å²) in [5, 5.41) is 4.60. The minimum Gasteiger partial charge on any atom is -0.371 e. The maximum Gasteiger partial charge on any atom is 0.143 e. The van der Waals surface area contributed by atoms with Crippen LogP contribution in [0.3, 0.4) is 0 Å². The van der Waals surface area contributed by atoms with Gasteiger partial charge in [0, 0.05) is 37.2 Å². The predicted molar refractivity (Wildman–Crippen MR) is 132 cm³/mol. The van der Waals surface area contributed by atoms with Crippen molar-refractivity contribution in [3.63, 3.8) is 0 Å². The number of aromatic amines is 1. The van der Waals surface area contributed by atoms with Crippen LogP contribution in [-0.4, -0.2) is 46.5 Å². The molecular weight excluding hydrogens is 384 g/mol. The summed E-state index contributed by atoms with van der Waals surface area (Å²) in [7, 11) is 2.17. The lowest BCUT2D eigenvalue weighted by Crippen LogP contribution is -2.24. The molecule has 0 unspecified atom stereocenters. The van der Waals surface area contributed by atoms with Crippen LogP contribution in [0.2, 0.25) is 0 Å². The number of hydrogen-bond acceptors (Lipinski definition) is 5. The average Bonchev–Trinajstić information content (AvgIpc) is 3.17. The van der Waals surface area contributed by atoms with Crippen LogP contribution in [-0.2, 0) is 6.54 Å². The van der Waals surface area contributed by atoms with E-state index in [2.05, 4.69) is 88.9 Å². The molecule has 2 N–H and O–H groups in total. The quantitative estimate of drug-likeness (QED) is 0.371. The van der Waals surface area contributed by atoms with E-state index in [1.54, 1.807) is 6.33 Å². The first kappa shape index (κ1) is 22.8. The van der Waals surface area contributed by atoms with Crippen molar-refractivity contribution in [3.8, 4) is 0 Å². The fourth-order valence-electron chi connectivity index (χ4n) is 3.96. The lowest BCUT2D eigenvalue weighted by molar-refractivity contribution is 0.322. The Balaban J connectivity index is 1.83. The van der Waals surface area contributed by atoms with Crippen molar-refractivity contribution in [2.24, 2.45) is 0 Å². The summed E-state index contributed by atoms with van der Waals surface area (Å²) in [4.78, 5) is 17.0. The molecule has 3 aromatic rings. The summed E-state index contributed by atoms with van der Waals surface area (Å²) in [6, 6.07) is 6.52. The fraction of sp³-hybridized carbons (Fsp3) is 0.440. The third kappa shape index (κ3) is 5.64. The molecule has 166 valence electrons. The van der Waals surface area contributed by atoms with Gasteiger partial charge < -0.3 is 20.1 Å². The number of aromatic nitrogens is 3. The van der Waals surface area contributed by atoms with Crippen molar-refractivity contribution in [3.05, 3.63) is 54.5 Å². The molecule has 0 aliphatic carbocycles. The van der Waals surface area contributed by atoms with Gasteiger partial charge in [-0.3, -0.25) is 0 Å². The summed E-state index contributed by atoms with van der Waals surface area (Å²) >= 11 is 0. The first-order valence-electron chi connectivity index (χ1n) is 11.3. The molecule has 0 bridgehead atoms. The van der Waals surface area contributed by atoms with Crippen LogP contribution in [0.25, 0.3) is 11.0 Å². The number of H-pyrrole nitrogens is 1. The van der Waals surface area contributed by atoms with E-state index in [4.69, 9.17) is 0 Å². The summed E-state index contributed by atoms with van der Waals surface area (Å²) in [5.41, 5.74) is 5.63. The van der Waals surface area contributed by atoms with Gasteiger partial charge in [-0.15, -0.1) is 6.58 Å². The highest BCUT2D eigenvalue weighted by Crippen LogP contribution is 2.29. The monoisotopic (exact) mass is 420 g/mol. The molecule has 0 saturated heterocycles. The van der Waals surface area contributed by atoms with E-state index in [9.17, 15) is 0 Å². The Morgan fingerprint density at radius 1 is 1.19 bits per heavy atom. The first-order valence-corrected chi connectivity index (χ1v) is 11.3. The number of anilines is 3. The van der Waals surface area contributed by atoms with Crippen LogP contribution in [0.1, 0.15) is 44.2 Å². The Bertz CT molecular complexity index is 993. The highest BCUT2D eigenvalue weighted by molar-refractivity contribution is 5.92. The second kappa shape index (κ2) is 11.0. The number of fused-ring (bicyclic) bond motifs is 1. The van der Waals surface area contributed by atoms with E-state index < -0.39 is 0 Å². The van der Waals surface area contributed by atoms with E-state index in [1.165, 1.54) is 29.7 Å². The standard InChI is InChI=1S/C25H36N6/c1-6-9-13-30(5)17-20-16-26-24-23(20)25(28-18-27-24)29-21-11-12-22(19(4)15-21)31(8-3)14-10-7-2/h7,11-12,15-16,18H,2,6,8-10,13-14,17H2,1,3-5H3,(H2,26,27,28,29). The van der Waals surface area contributed by atoms with Gasteiger partial charge in [-0.05, 0) is 69.6 Å². The molecule has 2 aromatic heterocycles. The van der Waals surface area contributed by atoms with Gasteiger partial charge in [0.2, 0.25) is 0 Å². The number of unbranched alkanes of at least 4 members (excludes halogenated alkanes) is 1. The van der Waals surface area contributed by atoms with Crippen molar-refractivity contribution >= 4 is 28.2 Å². The molecule has 0 aliphatic rings. The molecular formula is C25H36N6. The lowest BCUT2D eigenvalue weighted by Gasteiger charge is -2.25. The van der Waals surface area contributed by atoms with E-state index >= 15 is 0 Å². The Morgan fingerprint density at radius 3 is 2.74 bits per heavy atom. The van der Waals surface area contributed by atoms with Gasteiger partial charge in [-0.2, -0.15) is 0 Å². The van der Waals surface area contributed by atoms with E-state index in [0.717, 1.165) is 55.1 Å². The molecule has 2 heterocycles. The zero-order chi connectivity index (χ0) is 22.2. The van der Waals surface area contributed by atoms with Gasteiger partial charge in [-0.25, -0.2) is 9.97 Å². The third-order valence-corrected chi connectivity index (χ3v) is 5.67. The molecule has 0 spiro atoms. The maximum absolute atomic E-state index is 4.57. The Kier molecular flexibility index (Phi) is 8.06. The van der Waals surface area contributed by atoms with Crippen molar-refractivity contribution in [2.45, 2.75) is 46.6 Å². The second-order valence-corrected chi connectivity index (χ2v) is 8.13. The predicted octanol–water partition coefficient (Wildman–Crippen LogP) is 5.64. The molecule has 1 aromatic carbocycles. The average molecular weight is 421 g/mol. The molecule has 0 saturated carbocycles. The number of nitrogens with one attached hydrogen (secondary N) is 2. The van der Waals surface area contributed by atoms with E-state index in [1.807, 2.05) is 6.08 Å². The normalized spacial score (nSPS) is 11.3. The van der Waals surface area contributed by atoms with Crippen LogP contribution in [0.5, 0.6) is 0 Å². The van der Waals surface area contributed by atoms with Crippen molar-refractivity contribution in [1.29, 1.82) is 0 Å². The topological polar surface area (TPSA) is 60.1 Å². The van der Waals surface area contributed by atoms with Crippen LogP contribution in [0.15, 0.2) is 43.4 Å². The zero-order valence-electron chi connectivity index (χ0n) is 19.4. The second-order valence-electron chi connectivity index (χ2n) is 8.13.